The molecule has 0 amide bonds. The molecule has 1 aliphatic carbocycles. The Kier molecular flexibility index (Phi) is 4.63. The summed E-state index contributed by atoms with van der Waals surface area (Å²) in [6, 6.07) is 10.9. The van der Waals surface area contributed by atoms with E-state index in [0.717, 1.165) is 17.9 Å². The number of rotatable bonds is 3. The van der Waals surface area contributed by atoms with Gasteiger partial charge in [-0.25, -0.2) is 0 Å². The summed E-state index contributed by atoms with van der Waals surface area (Å²) in [5.41, 5.74) is 1.22. The molecule has 1 N–H and O–H groups in total. The highest BCUT2D eigenvalue weighted by atomic mass is 35.5. The van der Waals surface area contributed by atoms with E-state index in [4.69, 9.17) is 11.6 Å². The zero-order chi connectivity index (χ0) is 13.0. The maximum atomic E-state index is 9.17. The topological polar surface area (TPSA) is 35.8 Å². The van der Waals surface area contributed by atoms with Gasteiger partial charge in [-0.05, 0) is 37.5 Å². The van der Waals surface area contributed by atoms with Crippen LogP contribution in [0, 0.1) is 17.2 Å². The van der Waals surface area contributed by atoms with Gasteiger partial charge in [-0.15, -0.1) is 0 Å². The van der Waals surface area contributed by atoms with E-state index in [9.17, 15) is 5.26 Å². The maximum absolute atomic E-state index is 9.17. The molecule has 1 aromatic carbocycles. The third-order valence-corrected chi connectivity index (χ3v) is 4.02. The normalized spacial score (nSPS) is 25.4. The molecule has 0 heterocycles. The van der Waals surface area contributed by atoms with Crippen molar-refractivity contribution in [2.75, 3.05) is 0 Å². The van der Waals surface area contributed by atoms with E-state index in [2.05, 4.69) is 18.3 Å². The Morgan fingerprint density at radius 3 is 2.61 bits per heavy atom. The van der Waals surface area contributed by atoms with Gasteiger partial charge >= 0.3 is 0 Å². The van der Waals surface area contributed by atoms with Crippen molar-refractivity contribution in [3.05, 3.63) is 34.9 Å². The van der Waals surface area contributed by atoms with Gasteiger partial charge in [-0.2, -0.15) is 5.26 Å². The van der Waals surface area contributed by atoms with Gasteiger partial charge in [0.25, 0.3) is 0 Å². The highest BCUT2D eigenvalue weighted by molar-refractivity contribution is 6.30. The van der Waals surface area contributed by atoms with Crippen molar-refractivity contribution in [1.29, 1.82) is 5.26 Å². The summed E-state index contributed by atoms with van der Waals surface area (Å²) in [5.74, 6) is 0.161. The molecule has 96 valence electrons. The number of hydrogen-bond donors (Lipinski definition) is 1. The predicted octanol–water partition coefficient (Wildman–Crippen LogP) is 4.07. The summed E-state index contributed by atoms with van der Waals surface area (Å²) in [7, 11) is 0. The lowest BCUT2D eigenvalue weighted by Gasteiger charge is -2.30. The number of hydrogen-bond acceptors (Lipinski definition) is 2. The van der Waals surface area contributed by atoms with Crippen molar-refractivity contribution >= 4 is 11.6 Å². The number of nitriles is 1. The first-order valence-corrected chi connectivity index (χ1v) is 6.99. The smallest absolute Gasteiger partial charge is 0.0672 e. The lowest BCUT2D eigenvalue weighted by molar-refractivity contribution is 0.292. The summed E-state index contributed by atoms with van der Waals surface area (Å²) in [6.45, 7) is 2.15. The summed E-state index contributed by atoms with van der Waals surface area (Å²) in [6.07, 6.45) is 4.55. The van der Waals surface area contributed by atoms with Gasteiger partial charge in [0.1, 0.15) is 0 Å². The van der Waals surface area contributed by atoms with E-state index >= 15 is 0 Å². The Bertz CT molecular complexity index is 421. The summed E-state index contributed by atoms with van der Waals surface area (Å²) >= 11 is 5.89. The Morgan fingerprint density at radius 1 is 1.28 bits per heavy atom. The summed E-state index contributed by atoms with van der Waals surface area (Å²) in [5, 5.41) is 13.5. The van der Waals surface area contributed by atoms with Crippen LogP contribution >= 0.6 is 11.6 Å². The van der Waals surface area contributed by atoms with Crippen LogP contribution in [0.25, 0.3) is 0 Å². The van der Waals surface area contributed by atoms with Crippen molar-refractivity contribution in [2.45, 2.75) is 44.7 Å². The second-order valence-corrected chi connectivity index (χ2v) is 5.50. The lowest BCUT2D eigenvalue weighted by atomic mass is 9.85. The Labute approximate surface area is 114 Å². The Balaban J connectivity index is 1.99. The van der Waals surface area contributed by atoms with E-state index in [-0.39, 0.29) is 12.0 Å². The number of benzene rings is 1. The largest absolute Gasteiger partial charge is 0.306 e. The fraction of sp³-hybridized carbons (Fsp3) is 0.533. The number of halogens is 1. The molecule has 3 atom stereocenters. The van der Waals surface area contributed by atoms with Gasteiger partial charge in [0.15, 0.2) is 0 Å². The van der Waals surface area contributed by atoms with Gasteiger partial charge in [0.2, 0.25) is 0 Å². The predicted molar refractivity (Wildman–Crippen MR) is 74.4 cm³/mol. The van der Waals surface area contributed by atoms with Crippen LogP contribution in [0.3, 0.4) is 0 Å². The molecule has 0 aromatic heterocycles. The van der Waals surface area contributed by atoms with Crippen LogP contribution < -0.4 is 5.32 Å². The minimum Gasteiger partial charge on any atom is -0.306 e. The van der Waals surface area contributed by atoms with Crippen molar-refractivity contribution < 1.29 is 0 Å². The number of nitrogens with one attached hydrogen (secondary N) is 1. The molecule has 0 spiro atoms. The minimum atomic E-state index is 0.161. The molecule has 0 saturated heterocycles. The van der Waals surface area contributed by atoms with Crippen LogP contribution in [0.5, 0.6) is 0 Å². The van der Waals surface area contributed by atoms with Crippen molar-refractivity contribution in [2.24, 2.45) is 5.92 Å². The third-order valence-electron chi connectivity index (χ3n) is 3.77. The molecule has 1 saturated carbocycles. The average molecular weight is 263 g/mol. The van der Waals surface area contributed by atoms with Crippen LogP contribution in [-0.4, -0.2) is 6.04 Å². The molecule has 1 aliphatic rings. The van der Waals surface area contributed by atoms with Crippen molar-refractivity contribution in [1.82, 2.24) is 5.32 Å². The molecule has 1 fully saturated rings. The molecule has 1 aromatic rings. The second-order valence-electron chi connectivity index (χ2n) is 5.07. The van der Waals surface area contributed by atoms with E-state index in [0.29, 0.717) is 6.04 Å². The minimum absolute atomic E-state index is 0.161. The van der Waals surface area contributed by atoms with Crippen LogP contribution in [0.2, 0.25) is 5.02 Å². The van der Waals surface area contributed by atoms with Gasteiger partial charge in [0, 0.05) is 17.1 Å². The summed E-state index contributed by atoms with van der Waals surface area (Å²) < 4.78 is 0. The fourth-order valence-corrected chi connectivity index (χ4v) is 2.78. The first-order chi connectivity index (χ1) is 8.70. The molecule has 0 bridgehead atoms. The standard InChI is InChI=1S/C15H19ClN2/c1-11(12-6-8-14(16)9-7-12)18-15-5-3-2-4-13(15)10-17/h6-9,11,13,15,18H,2-5H2,1H3/t11-,13?,15?/m0/s1. The second kappa shape index (κ2) is 6.22. The average Bonchev–Trinajstić information content (AvgIpc) is 2.40. The zero-order valence-corrected chi connectivity index (χ0v) is 11.5. The maximum Gasteiger partial charge on any atom is 0.0672 e. The van der Waals surface area contributed by atoms with Crippen molar-refractivity contribution in [3.8, 4) is 6.07 Å². The summed E-state index contributed by atoms with van der Waals surface area (Å²) in [4.78, 5) is 0. The molecule has 3 heteroatoms. The van der Waals surface area contributed by atoms with Crippen LogP contribution in [-0.2, 0) is 0 Å². The number of nitrogens with zero attached hydrogens (tertiary/aromatic N) is 1. The third kappa shape index (κ3) is 3.25. The molecular formula is C15H19ClN2. The quantitative estimate of drug-likeness (QED) is 0.891. The molecule has 2 nitrogen and oxygen atoms in total. The lowest BCUT2D eigenvalue weighted by Crippen LogP contribution is -2.39. The van der Waals surface area contributed by atoms with E-state index in [1.807, 2.05) is 24.3 Å². The molecule has 0 aliphatic heterocycles. The zero-order valence-electron chi connectivity index (χ0n) is 10.7. The van der Waals surface area contributed by atoms with Crippen molar-refractivity contribution in [3.63, 3.8) is 0 Å². The van der Waals surface area contributed by atoms with Crippen LogP contribution in [0.15, 0.2) is 24.3 Å². The highest BCUT2D eigenvalue weighted by Gasteiger charge is 2.26. The van der Waals surface area contributed by atoms with E-state index in [1.165, 1.54) is 18.4 Å². The monoisotopic (exact) mass is 262 g/mol. The van der Waals surface area contributed by atoms with Gasteiger partial charge < -0.3 is 5.32 Å². The van der Waals surface area contributed by atoms with Crippen LogP contribution in [0.1, 0.15) is 44.2 Å². The first kappa shape index (κ1) is 13.4. The Morgan fingerprint density at radius 2 is 1.94 bits per heavy atom. The van der Waals surface area contributed by atoms with Crippen LogP contribution in [0.4, 0.5) is 0 Å². The first-order valence-electron chi connectivity index (χ1n) is 6.62. The Hall–Kier alpha value is -1.04. The van der Waals surface area contributed by atoms with Gasteiger partial charge in [0.05, 0.1) is 12.0 Å². The molecule has 0 radical (unpaired) electrons. The van der Waals surface area contributed by atoms with E-state index in [1.54, 1.807) is 0 Å². The fourth-order valence-electron chi connectivity index (χ4n) is 2.65. The highest BCUT2D eigenvalue weighted by Crippen LogP contribution is 2.26. The van der Waals surface area contributed by atoms with E-state index < -0.39 is 0 Å². The van der Waals surface area contributed by atoms with Gasteiger partial charge in [-0.1, -0.05) is 36.6 Å². The van der Waals surface area contributed by atoms with Gasteiger partial charge in [-0.3, -0.25) is 0 Å². The molecule has 2 unspecified atom stereocenters. The SMILES string of the molecule is C[C@H](NC1CCCCC1C#N)c1ccc(Cl)cc1. The molecule has 2 rings (SSSR count). The molecular weight excluding hydrogens is 244 g/mol. The molecule has 18 heavy (non-hydrogen) atoms.